The van der Waals surface area contributed by atoms with Gasteiger partial charge in [-0.2, -0.15) is 4.98 Å². The first kappa shape index (κ1) is 14.8. The van der Waals surface area contributed by atoms with Gasteiger partial charge in [0.2, 0.25) is 0 Å². The Morgan fingerprint density at radius 3 is 2.65 bits per heavy atom. The molecule has 20 heavy (non-hydrogen) atoms. The largest absolute Gasteiger partial charge is 0.481 e. The van der Waals surface area contributed by atoms with Crippen LogP contribution in [0.2, 0.25) is 0 Å². The van der Waals surface area contributed by atoms with Gasteiger partial charge in [0.15, 0.2) is 0 Å². The highest BCUT2D eigenvalue weighted by atomic mass is 16.4. The third-order valence-corrected chi connectivity index (χ3v) is 4.38. The molecule has 2 rings (SSSR count). The number of aromatic nitrogens is 2. The Morgan fingerprint density at radius 1 is 1.50 bits per heavy atom. The van der Waals surface area contributed by atoms with E-state index in [1.165, 1.54) is 0 Å². The molecule has 0 aromatic carbocycles. The minimum atomic E-state index is -0.820. The Balaban J connectivity index is 2.40. The fraction of sp³-hybridized carbons (Fsp3) is 0.667. The maximum atomic E-state index is 12.1. The van der Waals surface area contributed by atoms with Crippen molar-refractivity contribution in [1.82, 2.24) is 9.55 Å². The van der Waals surface area contributed by atoms with Crippen molar-refractivity contribution < 1.29 is 9.90 Å². The molecule has 1 heterocycles. The Hall–Kier alpha value is -1.65. The van der Waals surface area contributed by atoms with Crippen LogP contribution in [0, 0.1) is 25.7 Å². The van der Waals surface area contributed by atoms with Crippen molar-refractivity contribution >= 4 is 5.97 Å². The second kappa shape index (κ2) is 5.38. The molecule has 0 radical (unpaired) electrons. The lowest BCUT2D eigenvalue weighted by molar-refractivity contribution is -0.141. The molecule has 1 aliphatic rings. The van der Waals surface area contributed by atoms with E-state index in [-0.39, 0.29) is 11.7 Å². The summed E-state index contributed by atoms with van der Waals surface area (Å²) in [6, 6.07) is 0.250. The van der Waals surface area contributed by atoms with Crippen molar-refractivity contribution in [2.75, 3.05) is 0 Å². The molecule has 110 valence electrons. The van der Waals surface area contributed by atoms with E-state index >= 15 is 0 Å². The molecule has 0 amide bonds. The first-order valence-electron chi connectivity index (χ1n) is 7.18. The fourth-order valence-corrected chi connectivity index (χ4v) is 2.88. The highest BCUT2D eigenvalue weighted by Gasteiger charge is 2.39. The van der Waals surface area contributed by atoms with Gasteiger partial charge in [0.1, 0.15) is 0 Å². The van der Waals surface area contributed by atoms with Crippen LogP contribution in [0.5, 0.6) is 0 Å². The number of hydrogen-bond acceptors (Lipinski definition) is 3. The Bertz CT molecular complexity index is 592. The molecular weight excluding hydrogens is 256 g/mol. The van der Waals surface area contributed by atoms with Gasteiger partial charge in [-0.25, -0.2) is 4.79 Å². The zero-order chi connectivity index (χ0) is 15.0. The van der Waals surface area contributed by atoms with E-state index in [0.717, 1.165) is 24.1 Å². The first-order valence-corrected chi connectivity index (χ1v) is 7.18. The minimum absolute atomic E-state index is 0.201. The van der Waals surface area contributed by atoms with E-state index in [9.17, 15) is 9.59 Å². The second-order valence-electron chi connectivity index (χ2n) is 5.83. The highest BCUT2D eigenvalue weighted by Crippen LogP contribution is 2.45. The van der Waals surface area contributed by atoms with E-state index in [1.807, 2.05) is 6.92 Å². The monoisotopic (exact) mass is 278 g/mol. The summed E-state index contributed by atoms with van der Waals surface area (Å²) in [4.78, 5) is 27.2. The predicted octanol–water partition coefficient (Wildman–Crippen LogP) is 2.09. The van der Waals surface area contributed by atoms with Gasteiger partial charge >= 0.3 is 11.7 Å². The van der Waals surface area contributed by atoms with Crippen LogP contribution in [0.25, 0.3) is 0 Å². The molecule has 1 N–H and O–H groups in total. The quantitative estimate of drug-likeness (QED) is 0.895. The van der Waals surface area contributed by atoms with E-state index in [1.54, 1.807) is 18.4 Å². The molecule has 0 bridgehead atoms. The van der Waals surface area contributed by atoms with Crippen LogP contribution in [0.1, 0.15) is 49.7 Å². The highest BCUT2D eigenvalue weighted by molar-refractivity contribution is 5.70. The maximum Gasteiger partial charge on any atom is 0.348 e. The van der Waals surface area contributed by atoms with Gasteiger partial charge in [-0.1, -0.05) is 20.3 Å². The molecule has 1 aliphatic carbocycles. The molecule has 5 nitrogen and oxygen atoms in total. The van der Waals surface area contributed by atoms with Crippen LogP contribution in [-0.4, -0.2) is 20.6 Å². The summed E-state index contributed by atoms with van der Waals surface area (Å²) < 4.78 is 1.77. The molecule has 0 saturated heterocycles. The maximum absolute atomic E-state index is 12.1. The zero-order valence-electron chi connectivity index (χ0n) is 12.5. The number of carboxylic acids is 1. The van der Waals surface area contributed by atoms with Crippen LogP contribution in [0.15, 0.2) is 4.79 Å². The summed E-state index contributed by atoms with van der Waals surface area (Å²) in [7, 11) is 0. The molecule has 1 fully saturated rings. The summed E-state index contributed by atoms with van der Waals surface area (Å²) in [5.41, 5.74) is 2.25. The van der Waals surface area contributed by atoms with Crippen LogP contribution in [-0.2, 0) is 11.2 Å². The standard InChI is InChI=1S/C15H22N2O3/c1-5-11-7-13(11)17-10(4)12(6-8(2)14(18)19)9(3)16-15(17)20/h8,11,13H,5-7H2,1-4H3,(H,18,19). The van der Waals surface area contributed by atoms with Gasteiger partial charge in [0.05, 0.1) is 5.92 Å². The third-order valence-electron chi connectivity index (χ3n) is 4.38. The van der Waals surface area contributed by atoms with Gasteiger partial charge in [0.25, 0.3) is 0 Å². The smallest absolute Gasteiger partial charge is 0.348 e. The fourth-order valence-electron chi connectivity index (χ4n) is 2.88. The van der Waals surface area contributed by atoms with Crippen molar-refractivity contribution in [2.24, 2.45) is 11.8 Å². The lowest BCUT2D eigenvalue weighted by atomic mass is 9.99. The SMILES string of the molecule is CCC1CC1n1c(C)c(CC(C)C(=O)O)c(C)nc1=O. The zero-order valence-corrected chi connectivity index (χ0v) is 12.5. The van der Waals surface area contributed by atoms with E-state index in [2.05, 4.69) is 11.9 Å². The molecule has 1 saturated carbocycles. The summed E-state index contributed by atoms with van der Waals surface area (Å²) in [6.45, 7) is 7.50. The van der Waals surface area contributed by atoms with Gasteiger partial charge in [-0.05, 0) is 38.2 Å². The molecule has 1 aromatic rings. The Morgan fingerprint density at radius 2 is 2.15 bits per heavy atom. The number of hydrogen-bond donors (Lipinski definition) is 1. The molecular formula is C15H22N2O3. The molecule has 1 aromatic heterocycles. The Labute approximate surface area is 118 Å². The van der Waals surface area contributed by atoms with Crippen molar-refractivity contribution in [1.29, 1.82) is 0 Å². The number of rotatable bonds is 5. The van der Waals surface area contributed by atoms with Crippen molar-refractivity contribution in [3.63, 3.8) is 0 Å². The number of aliphatic carboxylic acids is 1. The average molecular weight is 278 g/mol. The lowest BCUT2D eigenvalue weighted by Gasteiger charge is -2.17. The van der Waals surface area contributed by atoms with Crippen molar-refractivity contribution in [3.05, 3.63) is 27.4 Å². The lowest BCUT2D eigenvalue weighted by Crippen LogP contribution is -2.28. The van der Waals surface area contributed by atoms with Crippen molar-refractivity contribution in [3.8, 4) is 0 Å². The summed E-state index contributed by atoms with van der Waals surface area (Å²) in [5, 5.41) is 9.06. The third kappa shape index (κ3) is 2.62. The van der Waals surface area contributed by atoms with E-state index in [4.69, 9.17) is 5.11 Å². The van der Waals surface area contributed by atoms with Crippen molar-refractivity contribution in [2.45, 2.75) is 53.0 Å². The van der Waals surface area contributed by atoms with Gasteiger partial charge in [-0.3, -0.25) is 9.36 Å². The first-order chi connectivity index (χ1) is 9.36. The summed E-state index contributed by atoms with van der Waals surface area (Å²) in [6.07, 6.45) is 2.50. The van der Waals surface area contributed by atoms with Gasteiger partial charge < -0.3 is 5.11 Å². The predicted molar refractivity (Wildman–Crippen MR) is 75.9 cm³/mol. The number of nitrogens with zero attached hydrogens (tertiary/aromatic N) is 2. The topological polar surface area (TPSA) is 72.2 Å². The Kier molecular flexibility index (Phi) is 3.97. The van der Waals surface area contributed by atoms with Crippen LogP contribution < -0.4 is 5.69 Å². The molecule has 0 aliphatic heterocycles. The van der Waals surface area contributed by atoms with Crippen LogP contribution in [0.3, 0.4) is 0 Å². The molecule has 5 heteroatoms. The van der Waals surface area contributed by atoms with E-state index in [0.29, 0.717) is 18.0 Å². The number of carbonyl (C=O) groups is 1. The minimum Gasteiger partial charge on any atom is -0.481 e. The van der Waals surface area contributed by atoms with E-state index < -0.39 is 11.9 Å². The molecule has 3 atom stereocenters. The molecule has 0 spiro atoms. The van der Waals surface area contributed by atoms with Crippen LogP contribution >= 0.6 is 0 Å². The normalized spacial score (nSPS) is 22.6. The number of aryl methyl sites for hydroxylation is 1. The summed E-state index contributed by atoms with van der Waals surface area (Å²) in [5.74, 6) is -0.735. The van der Waals surface area contributed by atoms with Gasteiger partial charge in [-0.15, -0.1) is 0 Å². The van der Waals surface area contributed by atoms with Crippen LogP contribution in [0.4, 0.5) is 0 Å². The average Bonchev–Trinajstić information content (AvgIpc) is 3.13. The number of carboxylic acid groups (broad SMARTS) is 1. The molecule has 3 unspecified atom stereocenters. The summed E-state index contributed by atoms with van der Waals surface area (Å²) >= 11 is 0. The van der Waals surface area contributed by atoms with Gasteiger partial charge in [0, 0.05) is 17.4 Å². The second-order valence-corrected chi connectivity index (χ2v) is 5.83.